The molecule has 1 saturated heterocycles. The Morgan fingerprint density at radius 2 is 1.76 bits per heavy atom. The molecule has 34 heavy (non-hydrogen) atoms. The first-order chi connectivity index (χ1) is 16.7. The molecular weight excluding hydrogens is 428 g/mol. The summed E-state index contributed by atoms with van der Waals surface area (Å²) in [5.41, 5.74) is 9.13. The third-order valence-electron chi connectivity index (χ3n) is 5.84. The number of anilines is 4. The standard InChI is InChI=1S/C25H26N8O/c26-23-21-6-1-17(15-18(21)7-8-29-23)16-31-25(34)22-24(30-10-9-28-22)32-19-2-4-20(5-3-19)33-13-11-27-12-14-33/h1-10,15,27H,11-14,16H2,(H2,26,29)(H,30,32)(H,31,34). The summed E-state index contributed by atoms with van der Waals surface area (Å²) in [6.07, 6.45) is 4.75. The maximum atomic E-state index is 12.9. The van der Waals surface area contributed by atoms with Crippen LogP contribution in [0.15, 0.2) is 67.1 Å². The van der Waals surface area contributed by atoms with Crippen LogP contribution in [0.3, 0.4) is 0 Å². The van der Waals surface area contributed by atoms with Crippen molar-refractivity contribution in [1.29, 1.82) is 0 Å². The van der Waals surface area contributed by atoms with Crippen molar-refractivity contribution in [2.24, 2.45) is 0 Å². The number of nitrogens with one attached hydrogen (secondary N) is 3. The lowest BCUT2D eigenvalue weighted by molar-refractivity contribution is 0.0946. The van der Waals surface area contributed by atoms with Crippen LogP contribution in [0.2, 0.25) is 0 Å². The van der Waals surface area contributed by atoms with Gasteiger partial charge in [-0.3, -0.25) is 4.79 Å². The van der Waals surface area contributed by atoms with E-state index < -0.39 is 0 Å². The maximum absolute atomic E-state index is 12.9. The SMILES string of the molecule is Nc1nccc2cc(CNC(=O)c3nccnc3Nc3ccc(N4CCNCC4)cc3)ccc12. The molecule has 5 N–H and O–H groups in total. The number of hydrogen-bond acceptors (Lipinski definition) is 8. The lowest BCUT2D eigenvalue weighted by Gasteiger charge is -2.29. The highest BCUT2D eigenvalue weighted by Crippen LogP contribution is 2.23. The number of hydrogen-bond donors (Lipinski definition) is 4. The molecule has 2 aromatic heterocycles. The highest BCUT2D eigenvalue weighted by atomic mass is 16.1. The van der Waals surface area contributed by atoms with Crippen LogP contribution in [0.5, 0.6) is 0 Å². The topological polar surface area (TPSA) is 121 Å². The number of aromatic nitrogens is 3. The number of piperazine rings is 1. The first-order valence-electron chi connectivity index (χ1n) is 11.2. The molecule has 2 aromatic carbocycles. The molecule has 0 atom stereocenters. The molecule has 3 heterocycles. The first kappa shape index (κ1) is 21.6. The van der Waals surface area contributed by atoms with Crippen molar-refractivity contribution in [3.63, 3.8) is 0 Å². The van der Waals surface area contributed by atoms with Gasteiger partial charge in [-0.15, -0.1) is 0 Å². The lowest BCUT2D eigenvalue weighted by Crippen LogP contribution is -2.43. The highest BCUT2D eigenvalue weighted by Gasteiger charge is 2.15. The zero-order chi connectivity index (χ0) is 23.3. The van der Waals surface area contributed by atoms with Gasteiger partial charge in [-0.05, 0) is 47.3 Å². The third kappa shape index (κ3) is 4.74. The number of carbonyl (C=O) groups excluding carboxylic acids is 1. The minimum absolute atomic E-state index is 0.239. The summed E-state index contributed by atoms with van der Waals surface area (Å²) in [6, 6.07) is 15.9. The molecule has 1 aliphatic heterocycles. The Kier molecular flexibility index (Phi) is 6.17. The highest BCUT2D eigenvalue weighted by molar-refractivity contribution is 5.97. The number of nitrogen functional groups attached to an aromatic ring is 1. The van der Waals surface area contributed by atoms with E-state index in [1.54, 1.807) is 12.4 Å². The Morgan fingerprint density at radius 1 is 0.971 bits per heavy atom. The number of nitrogens with two attached hydrogens (primary N) is 1. The molecule has 4 aromatic rings. The molecule has 9 heteroatoms. The summed E-state index contributed by atoms with van der Waals surface area (Å²) in [5.74, 6) is 0.596. The number of pyridine rings is 1. The van der Waals surface area contributed by atoms with Crippen LogP contribution in [0.25, 0.3) is 10.8 Å². The summed E-state index contributed by atoms with van der Waals surface area (Å²) < 4.78 is 0. The van der Waals surface area contributed by atoms with E-state index in [1.807, 2.05) is 36.4 Å². The fraction of sp³-hybridized carbons (Fsp3) is 0.200. The predicted octanol–water partition coefficient (Wildman–Crippen LogP) is 2.69. The number of carbonyl (C=O) groups is 1. The first-order valence-corrected chi connectivity index (χ1v) is 11.2. The van der Waals surface area contributed by atoms with Crippen LogP contribution >= 0.6 is 0 Å². The number of rotatable bonds is 6. The molecule has 0 bridgehead atoms. The summed E-state index contributed by atoms with van der Waals surface area (Å²) in [7, 11) is 0. The second-order valence-electron chi connectivity index (χ2n) is 8.10. The number of nitrogens with zero attached hydrogens (tertiary/aromatic N) is 4. The van der Waals surface area contributed by atoms with Gasteiger partial charge in [0.15, 0.2) is 11.5 Å². The van der Waals surface area contributed by atoms with Crippen LogP contribution in [-0.2, 0) is 6.54 Å². The van der Waals surface area contributed by atoms with E-state index in [9.17, 15) is 4.79 Å². The lowest BCUT2D eigenvalue weighted by atomic mass is 10.1. The number of benzene rings is 2. The summed E-state index contributed by atoms with van der Waals surface area (Å²) in [6.45, 7) is 4.31. The van der Waals surface area contributed by atoms with E-state index in [1.165, 1.54) is 11.9 Å². The van der Waals surface area contributed by atoms with Crippen LogP contribution in [-0.4, -0.2) is 47.0 Å². The Labute approximate surface area is 197 Å². The van der Waals surface area contributed by atoms with Crippen molar-refractivity contribution >= 4 is 39.7 Å². The van der Waals surface area contributed by atoms with Crippen molar-refractivity contribution < 1.29 is 4.79 Å². The van der Waals surface area contributed by atoms with Gasteiger partial charge in [-0.2, -0.15) is 0 Å². The molecule has 172 valence electrons. The third-order valence-corrected chi connectivity index (χ3v) is 5.84. The van der Waals surface area contributed by atoms with Gasteiger partial charge in [0.25, 0.3) is 5.91 Å². The maximum Gasteiger partial charge on any atom is 0.274 e. The van der Waals surface area contributed by atoms with Crippen LogP contribution in [0.4, 0.5) is 23.0 Å². The zero-order valence-corrected chi connectivity index (χ0v) is 18.7. The van der Waals surface area contributed by atoms with E-state index >= 15 is 0 Å². The fourth-order valence-corrected chi connectivity index (χ4v) is 4.04. The molecular formula is C25H26N8O. The molecule has 0 aliphatic carbocycles. The van der Waals surface area contributed by atoms with E-state index in [4.69, 9.17) is 5.73 Å². The molecule has 0 spiro atoms. The van der Waals surface area contributed by atoms with Gasteiger partial charge in [0.1, 0.15) is 5.82 Å². The predicted molar refractivity (Wildman–Crippen MR) is 134 cm³/mol. The molecule has 5 rings (SSSR count). The Balaban J connectivity index is 1.26. The fourth-order valence-electron chi connectivity index (χ4n) is 4.04. The largest absolute Gasteiger partial charge is 0.383 e. The number of amides is 1. The monoisotopic (exact) mass is 454 g/mol. The zero-order valence-electron chi connectivity index (χ0n) is 18.7. The minimum Gasteiger partial charge on any atom is -0.383 e. The molecule has 0 saturated carbocycles. The van der Waals surface area contributed by atoms with Crippen molar-refractivity contribution in [3.8, 4) is 0 Å². The van der Waals surface area contributed by atoms with Gasteiger partial charge >= 0.3 is 0 Å². The van der Waals surface area contributed by atoms with Gasteiger partial charge in [0.05, 0.1) is 0 Å². The smallest absolute Gasteiger partial charge is 0.274 e. The normalized spacial score (nSPS) is 13.6. The molecule has 1 aliphatic rings. The second-order valence-corrected chi connectivity index (χ2v) is 8.10. The Bertz CT molecular complexity index is 1300. The van der Waals surface area contributed by atoms with Crippen molar-refractivity contribution in [1.82, 2.24) is 25.6 Å². The second kappa shape index (κ2) is 9.72. The van der Waals surface area contributed by atoms with Crippen LogP contribution in [0, 0.1) is 0 Å². The van der Waals surface area contributed by atoms with E-state index in [0.29, 0.717) is 18.2 Å². The summed E-state index contributed by atoms with van der Waals surface area (Å²) in [5, 5.41) is 11.4. The Hall–Kier alpha value is -4.24. The van der Waals surface area contributed by atoms with E-state index in [-0.39, 0.29) is 11.6 Å². The van der Waals surface area contributed by atoms with Crippen LogP contribution < -0.4 is 26.6 Å². The summed E-state index contributed by atoms with van der Waals surface area (Å²) in [4.78, 5) is 28.0. The van der Waals surface area contributed by atoms with Crippen LogP contribution in [0.1, 0.15) is 16.1 Å². The van der Waals surface area contributed by atoms with Gasteiger partial charge in [0.2, 0.25) is 0 Å². The molecule has 9 nitrogen and oxygen atoms in total. The quantitative estimate of drug-likeness (QED) is 0.351. The summed E-state index contributed by atoms with van der Waals surface area (Å²) >= 11 is 0. The van der Waals surface area contributed by atoms with E-state index in [2.05, 4.69) is 47.9 Å². The van der Waals surface area contributed by atoms with Crippen molar-refractivity contribution in [3.05, 3.63) is 78.4 Å². The number of fused-ring (bicyclic) bond motifs is 1. The molecule has 1 amide bonds. The van der Waals surface area contributed by atoms with Crippen molar-refractivity contribution in [2.45, 2.75) is 6.54 Å². The Morgan fingerprint density at radius 3 is 2.59 bits per heavy atom. The van der Waals surface area contributed by atoms with E-state index in [0.717, 1.165) is 48.2 Å². The minimum atomic E-state index is -0.303. The molecule has 0 unspecified atom stereocenters. The van der Waals surface area contributed by atoms with Crippen molar-refractivity contribution in [2.75, 3.05) is 42.1 Å². The van der Waals surface area contributed by atoms with Gasteiger partial charge < -0.3 is 26.6 Å². The average Bonchev–Trinajstić information content (AvgIpc) is 2.89. The molecule has 1 fully saturated rings. The average molecular weight is 455 g/mol. The molecule has 0 radical (unpaired) electrons. The van der Waals surface area contributed by atoms with Gasteiger partial charge in [-0.1, -0.05) is 12.1 Å². The van der Waals surface area contributed by atoms with Gasteiger partial charge in [0, 0.05) is 68.1 Å². The van der Waals surface area contributed by atoms with Gasteiger partial charge in [-0.25, -0.2) is 15.0 Å².